The van der Waals surface area contributed by atoms with Gasteiger partial charge in [-0.2, -0.15) is 0 Å². The second-order valence-corrected chi connectivity index (χ2v) is 0. The van der Waals surface area contributed by atoms with Crippen molar-refractivity contribution < 1.29 is 94.2 Å². The summed E-state index contributed by atoms with van der Waals surface area (Å²) >= 11 is 0. The molecule has 2 radical (unpaired) electrons. The molecule has 0 aromatic rings. The van der Waals surface area contributed by atoms with Gasteiger partial charge in [0.25, 0.3) is 0 Å². The van der Waals surface area contributed by atoms with E-state index in [2.05, 4.69) is 0 Å². The van der Waals surface area contributed by atoms with E-state index >= 15 is 0 Å². The first kappa shape index (κ1) is 44.0. The van der Waals surface area contributed by atoms with E-state index in [-0.39, 0.29) is 94.2 Å². The third kappa shape index (κ3) is 19.5. The molecule has 0 heterocycles. The Hall–Kier alpha value is 2.96. The van der Waals surface area contributed by atoms with Crippen molar-refractivity contribution >= 4 is 0 Å². The summed E-state index contributed by atoms with van der Waals surface area (Å²) in [4.78, 5) is 0. The van der Waals surface area contributed by atoms with Crippen molar-refractivity contribution in [1.82, 2.24) is 0 Å². The molecule has 0 saturated carbocycles. The second kappa shape index (κ2) is 28.2. The van der Waals surface area contributed by atoms with Crippen LogP contribution in [0.4, 0.5) is 0 Å². The molecular weight excluding hydrogens is 362 g/mol. The fourth-order valence-electron chi connectivity index (χ4n) is 0. The summed E-state index contributed by atoms with van der Waals surface area (Å²) in [7, 11) is 0. The summed E-state index contributed by atoms with van der Waals surface area (Å²) in [6.45, 7) is 0. The molecule has 0 unspecified atom stereocenters. The first-order chi connectivity index (χ1) is 0. The molecule has 0 aromatic carbocycles. The van der Waals surface area contributed by atoms with E-state index in [0.717, 1.165) is 0 Å². The van der Waals surface area contributed by atoms with Gasteiger partial charge in [0.1, 0.15) is 0 Å². The second-order valence-electron chi connectivity index (χ2n) is 0. The van der Waals surface area contributed by atoms with Gasteiger partial charge in [0.05, 0.1) is 0 Å². The number of hydrogen-bond acceptors (Lipinski definition) is 0. The van der Waals surface area contributed by atoms with Crippen molar-refractivity contribution in [2.45, 2.75) is 0 Å². The molecule has 0 rings (SSSR count). The van der Waals surface area contributed by atoms with Gasteiger partial charge < -0.3 is 0 Å². The van der Waals surface area contributed by atoms with Crippen LogP contribution in [0.2, 0.25) is 0 Å². The van der Waals surface area contributed by atoms with Crippen LogP contribution in [0.25, 0.3) is 0 Å². The van der Waals surface area contributed by atoms with E-state index in [0.29, 0.717) is 0 Å². The van der Waals surface area contributed by atoms with Crippen molar-refractivity contribution in [3.05, 3.63) is 0 Å². The van der Waals surface area contributed by atoms with Crippen LogP contribution in [0.1, 0.15) is 0 Å². The minimum atomic E-state index is 0. The topological polar surface area (TPSA) is 0 Å². The Morgan fingerprint density at radius 2 is 0.400 bits per heavy atom. The largest absolute Gasteiger partial charge is 0 e. The van der Waals surface area contributed by atoms with Crippen LogP contribution in [-0.4, -0.2) is 0 Å². The average molecular weight is 362 g/mol. The standard InChI is InChI=1S/2Nb.3Ni. The molecule has 0 aliphatic rings. The molecule has 0 saturated heterocycles. The first-order valence-corrected chi connectivity index (χ1v) is 0. The Morgan fingerprint density at radius 3 is 0.400 bits per heavy atom. The third-order valence-electron chi connectivity index (χ3n) is 0. The van der Waals surface area contributed by atoms with Crippen LogP contribution >= 0.6 is 0 Å². The monoisotopic (exact) mass is 360 g/mol. The summed E-state index contributed by atoms with van der Waals surface area (Å²) in [5.74, 6) is 0. The van der Waals surface area contributed by atoms with Crippen LogP contribution in [-0.2, 0) is 94.2 Å². The van der Waals surface area contributed by atoms with E-state index in [1.165, 1.54) is 0 Å². The molecule has 0 spiro atoms. The summed E-state index contributed by atoms with van der Waals surface area (Å²) < 4.78 is 0. The number of rotatable bonds is 0. The van der Waals surface area contributed by atoms with Crippen LogP contribution in [0, 0.1) is 0 Å². The van der Waals surface area contributed by atoms with Crippen LogP contribution < -0.4 is 0 Å². The maximum Gasteiger partial charge on any atom is 0 e. The molecule has 0 nitrogen and oxygen atoms in total. The maximum atomic E-state index is 0. The maximum absolute atomic E-state index is 0. The van der Waals surface area contributed by atoms with Crippen molar-refractivity contribution in [2.75, 3.05) is 0 Å². The molecule has 0 aliphatic heterocycles. The van der Waals surface area contributed by atoms with Gasteiger partial charge >= 0.3 is 0 Å². The summed E-state index contributed by atoms with van der Waals surface area (Å²) in [6, 6.07) is 0. The Kier molecular flexibility index (Phi) is 248. The molecule has 0 atom stereocenters. The minimum absolute atomic E-state index is 0. The van der Waals surface area contributed by atoms with Crippen molar-refractivity contribution in [2.24, 2.45) is 0 Å². The Bertz CT molecular complexity index is 4.85. The molecule has 0 aliphatic carbocycles. The van der Waals surface area contributed by atoms with Crippen LogP contribution in [0.5, 0.6) is 0 Å². The Balaban J connectivity index is 0. The molecule has 0 fully saturated rings. The van der Waals surface area contributed by atoms with Crippen molar-refractivity contribution in [3.8, 4) is 0 Å². The smallest absolute Gasteiger partial charge is 0 e. The summed E-state index contributed by atoms with van der Waals surface area (Å²) in [6.07, 6.45) is 0. The third-order valence-corrected chi connectivity index (χ3v) is 0. The van der Waals surface area contributed by atoms with E-state index < -0.39 is 0 Å². The van der Waals surface area contributed by atoms with E-state index in [1.54, 1.807) is 0 Å². The Labute approximate surface area is 92.8 Å². The zero-order valence-corrected chi connectivity index (χ0v) is 9.20. The average Bonchev–Trinajstić information content (AvgIpc) is 0. The van der Waals surface area contributed by atoms with Gasteiger partial charge in [-0.15, -0.1) is 0 Å². The van der Waals surface area contributed by atoms with Gasteiger partial charge in [0, 0.05) is 94.2 Å². The quantitative estimate of drug-likeness (QED) is 0.532. The van der Waals surface area contributed by atoms with Gasteiger partial charge in [-0.25, -0.2) is 0 Å². The Morgan fingerprint density at radius 1 is 0.400 bits per heavy atom. The van der Waals surface area contributed by atoms with E-state index in [1.807, 2.05) is 0 Å². The first-order valence-electron chi connectivity index (χ1n) is 0. The summed E-state index contributed by atoms with van der Waals surface area (Å²) in [5, 5.41) is 0. The molecule has 0 N–H and O–H groups in total. The zero-order chi connectivity index (χ0) is 0. The van der Waals surface area contributed by atoms with Crippen LogP contribution in [0.15, 0.2) is 0 Å². The van der Waals surface area contributed by atoms with Gasteiger partial charge in [-0.05, 0) is 0 Å². The molecule has 5 heteroatoms. The fraction of sp³-hybridized carbons (Fsp3) is 0. The SMILES string of the molecule is [Nb].[Nb].[Ni].[Ni].[Ni]. The predicted molar refractivity (Wildman–Crippen MR) is 0 cm³/mol. The molecule has 0 amide bonds. The molecular formula is Nb2Ni3. The minimum Gasteiger partial charge on any atom is 0 e. The molecule has 40 valence electrons. The van der Waals surface area contributed by atoms with E-state index in [4.69, 9.17) is 0 Å². The fourth-order valence-corrected chi connectivity index (χ4v) is 0. The predicted octanol–water partition coefficient (Wildman–Crippen LogP) is -0.0125. The van der Waals surface area contributed by atoms with Crippen molar-refractivity contribution in [1.29, 1.82) is 0 Å². The molecule has 5 heavy (non-hydrogen) atoms. The summed E-state index contributed by atoms with van der Waals surface area (Å²) in [5.41, 5.74) is 0. The van der Waals surface area contributed by atoms with Gasteiger partial charge in [0.2, 0.25) is 0 Å². The number of hydrogen-bond donors (Lipinski definition) is 0. The van der Waals surface area contributed by atoms with E-state index in [9.17, 15) is 0 Å². The van der Waals surface area contributed by atoms with Crippen molar-refractivity contribution in [3.63, 3.8) is 0 Å². The van der Waals surface area contributed by atoms with Crippen LogP contribution in [0.3, 0.4) is 0 Å². The van der Waals surface area contributed by atoms with Gasteiger partial charge in [-0.1, -0.05) is 0 Å². The molecule has 0 bridgehead atoms. The zero-order valence-electron chi connectivity index (χ0n) is 1.84. The van der Waals surface area contributed by atoms with Gasteiger partial charge in [0.15, 0.2) is 0 Å². The van der Waals surface area contributed by atoms with Gasteiger partial charge in [-0.3, -0.25) is 0 Å². The normalized spacial score (nSPS) is 0. The molecule has 0 aromatic heterocycles.